The molecule has 1 aromatic carbocycles. The predicted molar refractivity (Wildman–Crippen MR) is 68.8 cm³/mol. The van der Waals surface area contributed by atoms with Gasteiger partial charge in [0, 0.05) is 24.7 Å². The Labute approximate surface area is 107 Å². The minimum atomic E-state index is -0.312. The summed E-state index contributed by atoms with van der Waals surface area (Å²) in [6.07, 6.45) is 0. The summed E-state index contributed by atoms with van der Waals surface area (Å²) in [5.41, 5.74) is 0.682. The van der Waals surface area contributed by atoms with Crippen molar-refractivity contribution in [2.75, 3.05) is 13.2 Å². The minimum absolute atomic E-state index is 0.207. The SMILES string of the molecule is CCOC(C)(C)CNCc1ccc(F)cc1Cl. The molecule has 0 radical (unpaired) electrons. The van der Waals surface area contributed by atoms with Gasteiger partial charge in [0.2, 0.25) is 0 Å². The Bertz CT molecular complexity index is 368. The summed E-state index contributed by atoms with van der Waals surface area (Å²) in [5, 5.41) is 3.71. The van der Waals surface area contributed by atoms with Crippen LogP contribution in [-0.4, -0.2) is 18.8 Å². The fraction of sp³-hybridized carbons (Fsp3) is 0.538. The van der Waals surface area contributed by atoms with E-state index in [0.717, 1.165) is 5.56 Å². The smallest absolute Gasteiger partial charge is 0.124 e. The lowest BCUT2D eigenvalue weighted by Gasteiger charge is -2.25. The van der Waals surface area contributed by atoms with Crippen LogP contribution in [0.2, 0.25) is 5.02 Å². The molecule has 0 aromatic heterocycles. The summed E-state index contributed by atoms with van der Waals surface area (Å²) in [5.74, 6) is -0.312. The molecule has 0 spiro atoms. The third kappa shape index (κ3) is 5.02. The second-order valence-corrected chi connectivity index (χ2v) is 4.94. The van der Waals surface area contributed by atoms with Crippen molar-refractivity contribution in [1.29, 1.82) is 0 Å². The molecule has 0 unspecified atom stereocenters. The summed E-state index contributed by atoms with van der Waals surface area (Å²) in [4.78, 5) is 0. The Kier molecular flexibility index (Phi) is 5.37. The van der Waals surface area contributed by atoms with Gasteiger partial charge in [-0.25, -0.2) is 4.39 Å². The minimum Gasteiger partial charge on any atom is -0.375 e. The molecule has 0 bridgehead atoms. The molecule has 2 nitrogen and oxygen atoms in total. The third-order valence-electron chi connectivity index (χ3n) is 2.42. The maximum absolute atomic E-state index is 12.8. The maximum atomic E-state index is 12.8. The number of benzene rings is 1. The Hall–Kier alpha value is -0.640. The van der Waals surface area contributed by atoms with E-state index in [2.05, 4.69) is 5.32 Å². The molecule has 1 rings (SSSR count). The van der Waals surface area contributed by atoms with E-state index in [0.29, 0.717) is 24.7 Å². The first-order valence-electron chi connectivity index (χ1n) is 5.73. The Balaban J connectivity index is 2.46. The summed E-state index contributed by atoms with van der Waals surface area (Å²) in [7, 11) is 0. The fourth-order valence-corrected chi connectivity index (χ4v) is 1.84. The molecule has 1 N–H and O–H groups in total. The topological polar surface area (TPSA) is 21.3 Å². The standard InChI is InChI=1S/C13H19ClFNO/c1-4-17-13(2,3)9-16-8-10-5-6-11(15)7-12(10)14/h5-7,16H,4,8-9H2,1-3H3. The molecule has 96 valence electrons. The van der Waals surface area contributed by atoms with Crippen molar-refractivity contribution in [2.45, 2.75) is 32.9 Å². The molecular weight excluding hydrogens is 241 g/mol. The van der Waals surface area contributed by atoms with Crippen LogP contribution in [0.4, 0.5) is 4.39 Å². The van der Waals surface area contributed by atoms with E-state index >= 15 is 0 Å². The van der Waals surface area contributed by atoms with Gasteiger partial charge in [0.1, 0.15) is 5.82 Å². The van der Waals surface area contributed by atoms with Gasteiger partial charge in [-0.1, -0.05) is 17.7 Å². The lowest BCUT2D eigenvalue weighted by Crippen LogP contribution is -2.37. The second-order valence-electron chi connectivity index (χ2n) is 4.53. The van der Waals surface area contributed by atoms with Gasteiger partial charge in [0.15, 0.2) is 0 Å². The molecular formula is C13H19ClFNO. The van der Waals surface area contributed by atoms with E-state index in [1.54, 1.807) is 6.07 Å². The first-order chi connectivity index (χ1) is 7.94. The Morgan fingerprint density at radius 3 is 2.71 bits per heavy atom. The van der Waals surface area contributed by atoms with Gasteiger partial charge >= 0.3 is 0 Å². The molecule has 0 atom stereocenters. The van der Waals surface area contributed by atoms with Crippen molar-refractivity contribution in [1.82, 2.24) is 5.32 Å². The number of hydrogen-bond donors (Lipinski definition) is 1. The molecule has 0 saturated carbocycles. The molecule has 4 heteroatoms. The zero-order valence-corrected chi connectivity index (χ0v) is 11.3. The Morgan fingerprint density at radius 2 is 2.12 bits per heavy atom. The molecule has 0 saturated heterocycles. The van der Waals surface area contributed by atoms with Crippen LogP contribution in [-0.2, 0) is 11.3 Å². The van der Waals surface area contributed by atoms with E-state index in [1.165, 1.54) is 12.1 Å². The van der Waals surface area contributed by atoms with Gasteiger partial charge in [-0.05, 0) is 38.5 Å². The average Bonchev–Trinajstić information content (AvgIpc) is 2.21. The molecule has 0 fully saturated rings. The van der Waals surface area contributed by atoms with E-state index in [9.17, 15) is 4.39 Å². The normalized spacial score (nSPS) is 11.8. The zero-order valence-electron chi connectivity index (χ0n) is 10.5. The number of halogens is 2. The van der Waals surface area contributed by atoms with E-state index in [1.807, 2.05) is 20.8 Å². The van der Waals surface area contributed by atoms with Crippen LogP contribution in [0, 0.1) is 5.82 Å². The van der Waals surface area contributed by atoms with Crippen LogP contribution in [0.25, 0.3) is 0 Å². The summed E-state index contributed by atoms with van der Waals surface area (Å²) >= 11 is 5.93. The first-order valence-corrected chi connectivity index (χ1v) is 6.11. The van der Waals surface area contributed by atoms with Crippen molar-refractivity contribution < 1.29 is 9.13 Å². The quantitative estimate of drug-likeness (QED) is 0.846. The van der Waals surface area contributed by atoms with Crippen LogP contribution in [0.1, 0.15) is 26.3 Å². The van der Waals surface area contributed by atoms with Crippen LogP contribution >= 0.6 is 11.6 Å². The summed E-state index contributed by atoms with van der Waals surface area (Å²) in [6, 6.07) is 4.43. The number of hydrogen-bond acceptors (Lipinski definition) is 2. The highest BCUT2D eigenvalue weighted by molar-refractivity contribution is 6.31. The van der Waals surface area contributed by atoms with Crippen LogP contribution in [0.15, 0.2) is 18.2 Å². The van der Waals surface area contributed by atoms with Crippen molar-refractivity contribution in [3.63, 3.8) is 0 Å². The van der Waals surface area contributed by atoms with Crippen molar-refractivity contribution in [3.05, 3.63) is 34.6 Å². The molecule has 0 aliphatic rings. The zero-order chi connectivity index (χ0) is 12.9. The van der Waals surface area contributed by atoms with Gasteiger partial charge in [0.05, 0.1) is 5.60 Å². The summed E-state index contributed by atoms with van der Waals surface area (Å²) < 4.78 is 18.4. The van der Waals surface area contributed by atoms with E-state index in [-0.39, 0.29) is 11.4 Å². The molecule has 17 heavy (non-hydrogen) atoms. The van der Waals surface area contributed by atoms with Gasteiger partial charge in [0.25, 0.3) is 0 Å². The molecule has 1 aromatic rings. The molecule has 0 heterocycles. The second kappa shape index (κ2) is 6.34. The van der Waals surface area contributed by atoms with Crippen molar-refractivity contribution in [2.24, 2.45) is 0 Å². The van der Waals surface area contributed by atoms with E-state index < -0.39 is 0 Å². The number of rotatable bonds is 6. The van der Waals surface area contributed by atoms with Crippen molar-refractivity contribution in [3.8, 4) is 0 Å². The monoisotopic (exact) mass is 259 g/mol. The fourth-order valence-electron chi connectivity index (χ4n) is 1.61. The molecule has 0 amide bonds. The number of ether oxygens (including phenoxy) is 1. The predicted octanol–water partition coefficient (Wildman–Crippen LogP) is 3.38. The average molecular weight is 260 g/mol. The van der Waals surface area contributed by atoms with Crippen molar-refractivity contribution >= 4 is 11.6 Å². The highest BCUT2D eigenvalue weighted by Crippen LogP contribution is 2.17. The number of nitrogens with one attached hydrogen (secondary N) is 1. The van der Waals surface area contributed by atoms with Gasteiger partial charge < -0.3 is 10.1 Å². The molecule has 0 aliphatic carbocycles. The van der Waals surface area contributed by atoms with Gasteiger partial charge in [-0.3, -0.25) is 0 Å². The lowest BCUT2D eigenvalue weighted by molar-refractivity contribution is -0.00897. The highest BCUT2D eigenvalue weighted by Gasteiger charge is 2.16. The van der Waals surface area contributed by atoms with Gasteiger partial charge in [-0.2, -0.15) is 0 Å². The highest BCUT2D eigenvalue weighted by atomic mass is 35.5. The Morgan fingerprint density at radius 1 is 1.41 bits per heavy atom. The lowest BCUT2D eigenvalue weighted by atomic mass is 10.1. The van der Waals surface area contributed by atoms with E-state index in [4.69, 9.17) is 16.3 Å². The summed E-state index contributed by atoms with van der Waals surface area (Å²) in [6.45, 7) is 8.03. The third-order valence-corrected chi connectivity index (χ3v) is 2.77. The first kappa shape index (κ1) is 14.4. The van der Waals surface area contributed by atoms with Crippen LogP contribution in [0.5, 0.6) is 0 Å². The molecule has 0 aliphatic heterocycles. The largest absolute Gasteiger partial charge is 0.375 e. The van der Waals surface area contributed by atoms with Gasteiger partial charge in [-0.15, -0.1) is 0 Å². The maximum Gasteiger partial charge on any atom is 0.124 e. The van der Waals surface area contributed by atoms with Crippen LogP contribution < -0.4 is 5.32 Å². The van der Waals surface area contributed by atoms with Crippen LogP contribution in [0.3, 0.4) is 0 Å².